The summed E-state index contributed by atoms with van der Waals surface area (Å²) >= 11 is 1.01. The number of β-lactam (4-membered cyclic amide) rings is 1. The Kier molecular flexibility index (Phi) is 6.75. The van der Waals surface area contributed by atoms with Crippen molar-refractivity contribution >= 4 is 54.3 Å². The molecular formula is C11H16N6O9S3. The summed E-state index contributed by atoms with van der Waals surface area (Å²) in [7, 11) is -7.62. The Hall–Kier alpha value is -2.38. The van der Waals surface area contributed by atoms with Crippen molar-refractivity contribution in [2.75, 3.05) is 25.7 Å². The van der Waals surface area contributed by atoms with Crippen LogP contribution in [0.4, 0.5) is 5.13 Å². The number of nitrogens with zero attached hydrogens (tertiary/aromatic N) is 3. The Balaban J connectivity index is 2.20. The summed E-state index contributed by atoms with van der Waals surface area (Å²) in [6, 6.07) is -2.93. The van der Waals surface area contributed by atoms with Crippen LogP contribution in [0.5, 0.6) is 0 Å². The minimum absolute atomic E-state index is 0.0376. The van der Waals surface area contributed by atoms with Gasteiger partial charge in [0.05, 0.1) is 12.9 Å². The Morgan fingerprint density at radius 3 is 2.59 bits per heavy atom. The van der Waals surface area contributed by atoms with E-state index < -0.39 is 50.8 Å². The number of carbonyl (C=O) groups is 2. The normalized spacial score (nSPS) is 20.3. The molecule has 2 heterocycles. The first-order valence-electron chi connectivity index (χ1n) is 7.37. The van der Waals surface area contributed by atoms with Gasteiger partial charge in [-0.1, -0.05) is 10.0 Å². The van der Waals surface area contributed by atoms with Crippen LogP contribution in [-0.4, -0.2) is 80.3 Å². The Labute approximate surface area is 168 Å². The zero-order valence-electron chi connectivity index (χ0n) is 14.8. The van der Waals surface area contributed by atoms with Gasteiger partial charge in [0.15, 0.2) is 10.8 Å². The third-order valence-electron chi connectivity index (χ3n) is 3.33. The molecule has 1 aliphatic heterocycles. The molecule has 0 aromatic carbocycles. The van der Waals surface area contributed by atoms with E-state index in [9.17, 15) is 26.4 Å². The quantitative estimate of drug-likeness (QED) is 0.123. The van der Waals surface area contributed by atoms with Gasteiger partial charge in [0.2, 0.25) is 10.0 Å². The molecule has 2 unspecified atom stereocenters. The summed E-state index contributed by atoms with van der Waals surface area (Å²) in [5, 5.41) is 7.25. The number of carbonyl (C=O) groups excluding carboxylic acids is 2. The molecule has 1 aromatic heterocycles. The van der Waals surface area contributed by atoms with Crippen molar-refractivity contribution in [1.82, 2.24) is 19.5 Å². The van der Waals surface area contributed by atoms with Crippen LogP contribution in [0.3, 0.4) is 0 Å². The first kappa shape index (κ1) is 22.9. The van der Waals surface area contributed by atoms with Crippen LogP contribution < -0.4 is 15.9 Å². The predicted octanol–water partition coefficient (Wildman–Crippen LogP) is -2.94. The predicted molar refractivity (Wildman–Crippen MR) is 98.1 cm³/mol. The third-order valence-corrected chi connectivity index (χ3v) is 5.37. The number of thiazole rings is 1. The molecule has 1 fully saturated rings. The van der Waals surface area contributed by atoms with Crippen molar-refractivity contribution in [3.05, 3.63) is 11.1 Å². The Morgan fingerprint density at radius 1 is 1.45 bits per heavy atom. The second-order valence-electron chi connectivity index (χ2n) is 5.49. The number of nitrogens with one attached hydrogen (secondary N) is 2. The number of aromatic nitrogens is 1. The van der Waals surface area contributed by atoms with Crippen molar-refractivity contribution in [2.24, 2.45) is 5.16 Å². The van der Waals surface area contributed by atoms with Crippen LogP contribution in [0.1, 0.15) is 5.69 Å². The fourth-order valence-electron chi connectivity index (χ4n) is 2.25. The largest absolute Gasteiger partial charge is 0.398 e. The highest BCUT2D eigenvalue weighted by atomic mass is 32.2. The monoisotopic (exact) mass is 472 g/mol. The molecule has 0 aliphatic carbocycles. The number of amides is 2. The van der Waals surface area contributed by atoms with Crippen LogP contribution in [0, 0.1) is 0 Å². The summed E-state index contributed by atoms with van der Waals surface area (Å²) in [5.41, 5.74) is 5.19. The summed E-state index contributed by atoms with van der Waals surface area (Å²) in [5.74, 6) is -2.14. The lowest BCUT2D eigenvalue weighted by Crippen LogP contribution is -2.73. The Morgan fingerprint density at radius 2 is 2.10 bits per heavy atom. The molecule has 2 amide bonds. The van der Waals surface area contributed by atoms with E-state index >= 15 is 0 Å². The van der Waals surface area contributed by atoms with E-state index in [4.69, 9.17) is 10.3 Å². The molecule has 0 spiro atoms. The summed E-state index contributed by atoms with van der Waals surface area (Å²) in [4.78, 5) is 39.3. The fraction of sp³-hybridized carbons (Fsp3) is 0.455. The van der Waals surface area contributed by atoms with Crippen molar-refractivity contribution in [3.8, 4) is 0 Å². The number of hydrogen-bond acceptors (Lipinski definition) is 12. The van der Waals surface area contributed by atoms with Gasteiger partial charge >= 0.3 is 10.3 Å². The van der Waals surface area contributed by atoms with E-state index in [1.54, 1.807) is 4.89 Å². The first-order chi connectivity index (χ1) is 13.3. The molecule has 1 aliphatic rings. The lowest BCUT2D eigenvalue weighted by Gasteiger charge is -2.43. The van der Waals surface area contributed by atoms with Crippen LogP contribution in [0.25, 0.3) is 0 Å². The van der Waals surface area contributed by atoms with E-state index in [0.29, 0.717) is 0 Å². The van der Waals surface area contributed by atoms with Crippen molar-refractivity contribution < 1.29 is 40.7 Å². The highest BCUT2D eigenvalue weighted by molar-refractivity contribution is 7.88. The van der Waals surface area contributed by atoms with E-state index in [-0.39, 0.29) is 20.8 Å². The SMILES string of the molecule is CO/N=C(\C(=O)NC1C(=O)N(S(=O)(=O)O)C1CONS(C)(=O)=O)c1csc(N)n1. The van der Waals surface area contributed by atoms with Crippen LogP contribution in [0.2, 0.25) is 0 Å². The molecular weight excluding hydrogens is 456 g/mol. The lowest BCUT2D eigenvalue weighted by atomic mass is 9.99. The standard InChI is InChI=1S/C11H16N6O9S3/c1-25-15-7(5-4-27-11(12)13-5)9(18)14-8-6(3-26-16-28(2,20)21)17(10(8)19)29(22,23)24/h4,6,8,16H,3H2,1-2H3,(H2,12,13)(H,14,18)(H,22,23,24)/b15-7-. The van der Waals surface area contributed by atoms with Gasteiger partial charge in [-0.15, -0.1) is 11.3 Å². The summed E-state index contributed by atoms with van der Waals surface area (Å²) < 4.78 is 54.0. The van der Waals surface area contributed by atoms with E-state index in [1.165, 1.54) is 5.38 Å². The molecule has 5 N–H and O–H groups in total. The molecule has 0 saturated carbocycles. The Bertz CT molecular complexity index is 1030. The molecule has 0 bridgehead atoms. The summed E-state index contributed by atoms with van der Waals surface area (Å²) in [6.07, 6.45) is 0.770. The molecule has 15 nitrogen and oxygen atoms in total. The van der Waals surface area contributed by atoms with Crippen molar-refractivity contribution in [2.45, 2.75) is 12.1 Å². The van der Waals surface area contributed by atoms with Crippen LogP contribution >= 0.6 is 11.3 Å². The highest BCUT2D eigenvalue weighted by Crippen LogP contribution is 2.24. The third kappa shape index (κ3) is 5.58. The zero-order chi connectivity index (χ0) is 22.0. The molecule has 18 heteroatoms. The molecule has 0 radical (unpaired) electrons. The minimum atomic E-state index is -4.99. The van der Waals surface area contributed by atoms with E-state index in [0.717, 1.165) is 24.7 Å². The van der Waals surface area contributed by atoms with Gasteiger partial charge in [-0.2, -0.15) is 8.42 Å². The minimum Gasteiger partial charge on any atom is -0.398 e. The fourth-order valence-corrected chi connectivity index (χ4v) is 3.95. The number of hydrogen-bond donors (Lipinski definition) is 4. The zero-order valence-corrected chi connectivity index (χ0v) is 17.2. The number of nitrogen functional groups attached to an aromatic ring is 1. The maximum atomic E-state index is 12.5. The molecule has 29 heavy (non-hydrogen) atoms. The van der Waals surface area contributed by atoms with Gasteiger partial charge in [-0.3, -0.25) is 19.0 Å². The number of rotatable bonds is 9. The number of nitrogens with two attached hydrogens (primary N) is 1. The van der Waals surface area contributed by atoms with Gasteiger partial charge in [0.1, 0.15) is 24.9 Å². The topological polar surface area (TPSA) is 220 Å². The number of anilines is 1. The average Bonchev–Trinajstić information content (AvgIpc) is 3.00. The lowest BCUT2D eigenvalue weighted by molar-refractivity contribution is -0.148. The van der Waals surface area contributed by atoms with Gasteiger partial charge in [-0.05, 0) is 0 Å². The van der Waals surface area contributed by atoms with Crippen LogP contribution in [-0.2, 0) is 39.6 Å². The van der Waals surface area contributed by atoms with Gasteiger partial charge in [0.25, 0.3) is 11.8 Å². The molecule has 2 atom stereocenters. The molecule has 162 valence electrons. The van der Waals surface area contributed by atoms with E-state index in [2.05, 4.69) is 25.1 Å². The smallest absolute Gasteiger partial charge is 0.362 e. The maximum absolute atomic E-state index is 12.5. The number of oxime groups is 1. The molecule has 1 aromatic rings. The number of sulfonamides is 1. The van der Waals surface area contributed by atoms with E-state index in [1.807, 2.05) is 0 Å². The second-order valence-corrected chi connectivity index (χ2v) is 9.38. The van der Waals surface area contributed by atoms with Crippen LogP contribution in [0.15, 0.2) is 10.5 Å². The second kappa shape index (κ2) is 8.55. The average molecular weight is 472 g/mol. The van der Waals surface area contributed by atoms with Gasteiger partial charge < -0.3 is 15.9 Å². The highest BCUT2D eigenvalue weighted by Gasteiger charge is 2.54. The summed E-state index contributed by atoms with van der Waals surface area (Å²) in [6.45, 7) is -0.704. The first-order valence-corrected chi connectivity index (χ1v) is 11.5. The van der Waals surface area contributed by atoms with Crippen molar-refractivity contribution in [3.63, 3.8) is 0 Å². The molecule has 2 rings (SSSR count). The van der Waals surface area contributed by atoms with Gasteiger partial charge in [0, 0.05) is 5.38 Å². The maximum Gasteiger partial charge on any atom is 0.362 e. The van der Waals surface area contributed by atoms with Gasteiger partial charge in [-0.25, -0.2) is 17.7 Å². The molecule has 1 saturated heterocycles. The van der Waals surface area contributed by atoms with Crippen molar-refractivity contribution in [1.29, 1.82) is 0 Å².